The van der Waals surface area contributed by atoms with Gasteiger partial charge in [-0.05, 0) is 25.7 Å². The van der Waals surface area contributed by atoms with Crippen LogP contribution >= 0.6 is 0 Å². The van der Waals surface area contributed by atoms with E-state index in [-0.39, 0.29) is 0 Å². The maximum atomic E-state index is 9.37. The highest BCUT2D eigenvalue weighted by atomic mass is 32.3. The second kappa shape index (κ2) is 34.9. The fourth-order valence-corrected chi connectivity index (χ4v) is 4.64. The van der Waals surface area contributed by atoms with Crippen molar-refractivity contribution in [2.75, 3.05) is 27.2 Å². The van der Waals surface area contributed by atoms with Gasteiger partial charge < -0.3 is 19.7 Å². The van der Waals surface area contributed by atoms with E-state index in [9.17, 15) is 25.9 Å². The Morgan fingerprint density at radius 3 is 0.800 bits per heavy atom. The van der Waals surface area contributed by atoms with E-state index in [1.807, 2.05) is 0 Å². The highest BCUT2D eigenvalue weighted by molar-refractivity contribution is 7.83. The van der Waals surface area contributed by atoms with Crippen molar-refractivity contribution >= 4 is 20.8 Å². The molecule has 0 heterocycles. The second-order valence-corrected chi connectivity index (χ2v) is 12.3. The van der Waals surface area contributed by atoms with Gasteiger partial charge in [-0.1, -0.05) is 129 Å². The van der Waals surface area contributed by atoms with Crippen LogP contribution in [0.2, 0.25) is 0 Å². The minimum Gasteiger partial charge on any atom is -0.724 e. The molecule has 10 nitrogen and oxygen atoms in total. The number of unbranched alkanes of at least 4 members (excludes halogenated alkanes) is 20. The van der Waals surface area contributed by atoms with Gasteiger partial charge >= 0.3 is 0 Å². The summed E-state index contributed by atoms with van der Waals surface area (Å²) in [6.07, 6.45) is 31.9. The Morgan fingerprint density at radius 2 is 0.625 bits per heavy atom. The predicted octanol–water partition coefficient (Wildman–Crippen LogP) is 4.84. The molecular weight excluding hydrogens is 556 g/mol. The van der Waals surface area contributed by atoms with E-state index in [1.165, 1.54) is 154 Å². The highest BCUT2D eigenvalue weighted by Gasteiger charge is 2.00. The zero-order chi connectivity index (χ0) is 30.8. The van der Waals surface area contributed by atoms with Crippen molar-refractivity contribution in [3.8, 4) is 0 Å². The van der Waals surface area contributed by atoms with Crippen LogP contribution in [0, 0.1) is 0 Å². The average Bonchev–Trinajstić information content (AvgIpc) is 2.89. The minimum atomic E-state index is -5.31. The van der Waals surface area contributed by atoms with Gasteiger partial charge in [-0.15, -0.1) is 8.67 Å². The monoisotopic (exact) mass is 620 g/mol. The van der Waals surface area contributed by atoms with Crippen LogP contribution in [0.25, 0.3) is 0 Å². The van der Waals surface area contributed by atoms with Crippen LogP contribution in [-0.4, -0.2) is 53.1 Å². The molecule has 0 aliphatic rings. The smallest absolute Gasteiger partial charge is 0.246 e. The maximum Gasteiger partial charge on any atom is 0.246 e. The summed E-state index contributed by atoms with van der Waals surface area (Å²) >= 11 is 0. The molecule has 0 fully saturated rings. The molecule has 246 valence electrons. The summed E-state index contributed by atoms with van der Waals surface area (Å²) in [5, 5.41) is 4.57. The molecule has 0 saturated heterocycles. The van der Waals surface area contributed by atoms with Crippen molar-refractivity contribution in [1.82, 2.24) is 0 Å². The number of nitrogens with two attached hydrogens (primary N) is 2. The third-order valence-electron chi connectivity index (χ3n) is 6.39. The zero-order valence-electron chi connectivity index (χ0n) is 26.2. The van der Waals surface area contributed by atoms with Crippen LogP contribution < -0.4 is 10.6 Å². The van der Waals surface area contributed by atoms with E-state index in [0.717, 1.165) is 0 Å². The van der Waals surface area contributed by atoms with Crippen LogP contribution in [-0.2, 0) is 29.5 Å². The Balaban J connectivity index is -0.000000525. The van der Waals surface area contributed by atoms with Gasteiger partial charge in [0, 0.05) is 0 Å². The van der Waals surface area contributed by atoms with Crippen molar-refractivity contribution < 1.29 is 45.2 Å². The second-order valence-electron chi connectivity index (χ2n) is 10.4. The maximum absolute atomic E-state index is 9.37. The summed E-state index contributed by atoms with van der Waals surface area (Å²) < 4.78 is 61.5. The van der Waals surface area contributed by atoms with Crippen LogP contribution in [0.5, 0.6) is 0 Å². The lowest BCUT2D eigenvalue weighted by atomic mass is 10.1. The fourth-order valence-electron chi connectivity index (χ4n) is 4.09. The molecule has 0 aromatic rings. The van der Waals surface area contributed by atoms with Gasteiger partial charge in [-0.2, -0.15) is 0 Å². The lowest BCUT2D eigenvalue weighted by molar-refractivity contribution is -0.627. The van der Waals surface area contributed by atoms with Gasteiger partial charge in [0.1, 0.15) is 0 Å². The van der Waals surface area contributed by atoms with Crippen molar-refractivity contribution in [2.45, 2.75) is 155 Å². The molecule has 0 bridgehead atoms. The SMILES string of the molecule is CCCCCCCCCCCCC[NH2+]C.CCCCCCCCCCCCC[NH2+]C.O=S(=O)([O-])OOS(=O)(=O)[O-]. The van der Waals surface area contributed by atoms with E-state index in [0.29, 0.717) is 0 Å². The van der Waals surface area contributed by atoms with E-state index < -0.39 is 20.8 Å². The fraction of sp³-hybridized carbons (Fsp3) is 1.00. The molecule has 0 rings (SSSR count). The summed E-state index contributed by atoms with van der Waals surface area (Å²) in [7, 11) is -6.29. The molecule has 0 aliphatic heterocycles. The molecule has 4 N–H and O–H groups in total. The van der Waals surface area contributed by atoms with Crippen molar-refractivity contribution in [3.05, 3.63) is 0 Å². The Bertz CT molecular complexity index is 596. The Morgan fingerprint density at radius 1 is 0.425 bits per heavy atom. The van der Waals surface area contributed by atoms with Gasteiger partial charge in [-0.25, -0.2) is 16.8 Å². The molecule has 12 heteroatoms. The van der Waals surface area contributed by atoms with Gasteiger partial charge in [0.15, 0.2) is 0 Å². The molecule has 0 aromatic carbocycles. The standard InChI is InChI=1S/2C14H31N.H2O8S2/c2*1-3-4-5-6-7-8-9-10-11-12-13-14-15-2;1-9(2,3)7-8-10(4,5)6/h2*15H,3-14H2,1-2H3;(H,1,2,3)(H,4,5,6). The highest BCUT2D eigenvalue weighted by Crippen LogP contribution is 2.11. The lowest BCUT2D eigenvalue weighted by Crippen LogP contribution is -2.79. The first-order chi connectivity index (χ1) is 19.0. The van der Waals surface area contributed by atoms with E-state index in [1.54, 1.807) is 0 Å². The molecule has 0 aliphatic carbocycles. The number of hydrogen-bond donors (Lipinski definition) is 2. The Hall–Kier alpha value is -0.340. The summed E-state index contributed by atoms with van der Waals surface area (Å²) in [5.41, 5.74) is 0. The van der Waals surface area contributed by atoms with Crippen LogP contribution in [0.1, 0.15) is 155 Å². The Labute approximate surface area is 248 Å². The van der Waals surface area contributed by atoms with Crippen molar-refractivity contribution in [2.24, 2.45) is 0 Å². The van der Waals surface area contributed by atoms with Crippen LogP contribution in [0.3, 0.4) is 0 Å². The lowest BCUT2D eigenvalue weighted by Gasteiger charge is -2.07. The molecule has 40 heavy (non-hydrogen) atoms. The molecule has 0 radical (unpaired) electrons. The third kappa shape index (κ3) is 53.8. The predicted molar refractivity (Wildman–Crippen MR) is 160 cm³/mol. The summed E-state index contributed by atoms with van der Waals surface area (Å²) in [5.74, 6) is 0. The molecule has 0 aromatic heterocycles. The Kier molecular flexibility index (Phi) is 38.4. The van der Waals surface area contributed by atoms with Gasteiger partial charge in [0.2, 0.25) is 20.8 Å². The first-order valence-corrected chi connectivity index (χ1v) is 18.6. The molecular formula is C28H64N2O8S2. The van der Waals surface area contributed by atoms with Crippen molar-refractivity contribution in [1.29, 1.82) is 0 Å². The van der Waals surface area contributed by atoms with E-state index >= 15 is 0 Å². The summed E-state index contributed by atoms with van der Waals surface area (Å²) in [6.45, 7) is 7.20. The molecule has 0 unspecified atom stereocenters. The molecule has 0 atom stereocenters. The summed E-state index contributed by atoms with van der Waals surface area (Å²) in [6, 6.07) is 0. The minimum absolute atomic E-state index is 1.32. The average molecular weight is 621 g/mol. The number of hydrogen-bond acceptors (Lipinski definition) is 8. The molecule has 0 amide bonds. The van der Waals surface area contributed by atoms with Crippen molar-refractivity contribution in [3.63, 3.8) is 0 Å². The normalized spacial score (nSPS) is 11.4. The summed E-state index contributed by atoms with van der Waals surface area (Å²) in [4.78, 5) is 0. The number of quaternary nitrogens is 2. The van der Waals surface area contributed by atoms with E-state index in [4.69, 9.17) is 0 Å². The largest absolute Gasteiger partial charge is 0.724 e. The van der Waals surface area contributed by atoms with Gasteiger partial charge in [0.05, 0.1) is 27.2 Å². The quantitative estimate of drug-likeness (QED) is 0.0433. The van der Waals surface area contributed by atoms with Gasteiger partial charge in [-0.3, -0.25) is 0 Å². The third-order valence-corrected chi connectivity index (χ3v) is 6.94. The van der Waals surface area contributed by atoms with Crippen LogP contribution in [0.15, 0.2) is 0 Å². The zero-order valence-corrected chi connectivity index (χ0v) is 27.8. The van der Waals surface area contributed by atoms with E-state index in [2.05, 4.69) is 47.2 Å². The first-order valence-electron chi connectivity index (χ1n) is 15.9. The topological polar surface area (TPSA) is 166 Å². The van der Waals surface area contributed by atoms with Crippen LogP contribution in [0.4, 0.5) is 0 Å². The molecule has 0 saturated carbocycles. The molecule has 0 spiro atoms. The van der Waals surface area contributed by atoms with Gasteiger partial charge in [0.25, 0.3) is 0 Å². The first kappa shape index (κ1) is 44.1. The number of rotatable bonds is 27.